The average Bonchev–Trinajstić information content (AvgIpc) is 2.61. The molecule has 2 aromatic carbocycles. The summed E-state index contributed by atoms with van der Waals surface area (Å²) < 4.78 is 0. The number of halogens is 4. The van der Waals surface area contributed by atoms with Crippen molar-refractivity contribution in [3.63, 3.8) is 0 Å². The van der Waals surface area contributed by atoms with Crippen LogP contribution in [-0.4, -0.2) is 21.5 Å². The Morgan fingerprint density at radius 2 is 1.42 bits per heavy atom. The van der Waals surface area contributed by atoms with Gasteiger partial charge in [0.1, 0.15) is 5.69 Å². The molecule has 6 nitrogen and oxygen atoms in total. The number of benzene rings is 2. The van der Waals surface area contributed by atoms with Gasteiger partial charge in [0.15, 0.2) is 9.67 Å². The third kappa shape index (κ3) is 6.14. The van der Waals surface area contributed by atoms with Gasteiger partial charge in [0.05, 0.1) is 11.4 Å². The fourth-order valence-electron chi connectivity index (χ4n) is 1.79. The lowest BCUT2D eigenvalue weighted by molar-refractivity contribution is -0.115. The second-order valence-electron chi connectivity index (χ2n) is 4.85. The highest BCUT2D eigenvalue weighted by molar-refractivity contribution is 6.55. The molecule has 0 saturated carbocycles. The number of carbonyl (C=O) groups excluding carboxylic acids is 2. The summed E-state index contributed by atoms with van der Waals surface area (Å²) in [7, 11) is 0. The Kier molecular flexibility index (Phi) is 7.66. The Balaban J connectivity index is 2.31. The van der Waals surface area contributed by atoms with Crippen molar-refractivity contribution in [1.82, 2.24) is 0 Å². The first kappa shape index (κ1) is 20.5. The molecular formula is C16H12Cl4N4O2. The predicted molar refractivity (Wildman–Crippen MR) is 105 cm³/mol. The van der Waals surface area contributed by atoms with Gasteiger partial charge in [0.2, 0.25) is 0 Å². The third-order valence-corrected chi connectivity index (χ3v) is 3.74. The molecule has 0 aliphatic carbocycles. The summed E-state index contributed by atoms with van der Waals surface area (Å²) in [6, 6.07) is 13.6. The molecule has 2 amide bonds. The maximum Gasteiger partial charge on any atom is 0.257 e. The fraction of sp³-hybridized carbons (Fsp3) is 0.125. The van der Waals surface area contributed by atoms with Crippen molar-refractivity contribution in [2.24, 2.45) is 10.2 Å². The minimum absolute atomic E-state index is 0.250. The molecule has 0 radical (unpaired) electrons. The fourth-order valence-corrected chi connectivity index (χ4v) is 2.01. The van der Waals surface area contributed by atoms with Crippen molar-refractivity contribution in [3.05, 3.63) is 48.5 Å². The number of anilines is 2. The van der Waals surface area contributed by atoms with Gasteiger partial charge < -0.3 is 10.6 Å². The number of azo groups is 1. The standard InChI is InChI=1S/C16H12Cl4N4O2/c17-13(18)15(25)21-10-6-7-11(12(8-10)22-16(26)14(19)20)24-23-9-4-2-1-3-5-9/h1-8,13-14H,(H,21,25)(H,22,26). The molecule has 0 heterocycles. The van der Waals surface area contributed by atoms with Crippen LogP contribution in [0, 0.1) is 0 Å². The number of alkyl halides is 4. The van der Waals surface area contributed by atoms with E-state index in [2.05, 4.69) is 20.9 Å². The number of carbonyl (C=O) groups is 2. The summed E-state index contributed by atoms with van der Waals surface area (Å²) in [4.78, 5) is 20.9. The van der Waals surface area contributed by atoms with Crippen molar-refractivity contribution < 1.29 is 9.59 Å². The van der Waals surface area contributed by atoms with Crippen LogP contribution in [0.5, 0.6) is 0 Å². The van der Waals surface area contributed by atoms with Gasteiger partial charge in [0.25, 0.3) is 11.8 Å². The van der Waals surface area contributed by atoms with Crippen molar-refractivity contribution in [3.8, 4) is 0 Å². The molecule has 0 fully saturated rings. The highest BCUT2D eigenvalue weighted by atomic mass is 35.5. The smallest absolute Gasteiger partial charge is 0.257 e. The van der Waals surface area contributed by atoms with Crippen LogP contribution in [-0.2, 0) is 9.59 Å². The monoisotopic (exact) mass is 432 g/mol. The summed E-state index contributed by atoms with van der Waals surface area (Å²) in [5.74, 6) is -1.27. The maximum atomic E-state index is 11.8. The average molecular weight is 434 g/mol. The highest BCUT2D eigenvalue weighted by Crippen LogP contribution is 2.31. The maximum absolute atomic E-state index is 11.8. The summed E-state index contributed by atoms with van der Waals surface area (Å²) in [5, 5.41) is 13.2. The minimum atomic E-state index is -1.28. The normalized spacial score (nSPS) is 11.2. The molecule has 0 spiro atoms. The van der Waals surface area contributed by atoms with Crippen LogP contribution in [0.25, 0.3) is 0 Å². The van der Waals surface area contributed by atoms with Gasteiger partial charge in [-0.15, -0.1) is 5.11 Å². The number of nitrogens with zero attached hydrogens (tertiary/aromatic N) is 2. The van der Waals surface area contributed by atoms with Crippen molar-refractivity contribution in [2.45, 2.75) is 9.67 Å². The Morgan fingerprint density at radius 3 is 2.04 bits per heavy atom. The van der Waals surface area contributed by atoms with Crippen LogP contribution >= 0.6 is 46.4 Å². The zero-order chi connectivity index (χ0) is 19.1. The predicted octanol–water partition coefficient (Wildman–Crippen LogP) is 5.59. The van der Waals surface area contributed by atoms with Gasteiger partial charge >= 0.3 is 0 Å². The van der Waals surface area contributed by atoms with E-state index in [1.165, 1.54) is 6.07 Å². The molecule has 2 rings (SSSR count). The largest absolute Gasteiger partial charge is 0.324 e. The Morgan fingerprint density at radius 1 is 0.808 bits per heavy atom. The van der Waals surface area contributed by atoms with E-state index in [0.717, 1.165) is 0 Å². The number of amides is 2. The second kappa shape index (κ2) is 9.73. The van der Waals surface area contributed by atoms with E-state index in [-0.39, 0.29) is 5.69 Å². The van der Waals surface area contributed by atoms with E-state index in [9.17, 15) is 9.59 Å². The molecule has 10 heteroatoms. The van der Waals surface area contributed by atoms with E-state index >= 15 is 0 Å². The second-order valence-corrected chi connectivity index (χ2v) is 7.04. The highest BCUT2D eigenvalue weighted by Gasteiger charge is 2.16. The molecule has 0 bridgehead atoms. The van der Waals surface area contributed by atoms with Crippen LogP contribution in [0.2, 0.25) is 0 Å². The van der Waals surface area contributed by atoms with Gasteiger partial charge in [-0.2, -0.15) is 5.11 Å². The molecule has 0 unspecified atom stereocenters. The lowest BCUT2D eigenvalue weighted by Gasteiger charge is -2.11. The summed E-state index contributed by atoms with van der Waals surface area (Å²) >= 11 is 22.1. The number of hydrogen-bond donors (Lipinski definition) is 2. The zero-order valence-electron chi connectivity index (χ0n) is 13.0. The molecule has 0 aliphatic rings. The van der Waals surface area contributed by atoms with E-state index in [1.807, 2.05) is 18.2 Å². The van der Waals surface area contributed by atoms with Crippen molar-refractivity contribution in [1.29, 1.82) is 0 Å². The van der Waals surface area contributed by atoms with Crippen LogP contribution in [0.3, 0.4) is 0 Å². The van der Waals surface area contributed by atoms with Crippen molar-refractivity contribution >= 4 is 81.0 Å². The topological polar surface area (TPSA) is 82.9 Å². The molecule has 0 saturated heterocycles. The van der Waals surface area contributed by atoms with Crippen molar-refractivity contribution in [2.75, 3.05) is 10.6 Å². The van der Waals surface area contributed by atoms with Crippen LogP contribution in [0.1, 0.15) is 0 Å². The molecule has 0 atom stereocenters. The quantitative estimate of drug-likeness (QED) is 0.459. The van der Waals surface area contributed by atoms with Gasteiger partial charge in [-0.1, -0.05) is 64.6 Å². The first-order valence-corrected chi connectivity index (χ1v) is 8.90. The molecule has 0 aromatic heterocycles. The number of nitrogens with one attached hydrogen (secondary N) is 2. The van der Waals surface area contributed by atoms with Crippen LogP contribution < -0.4 is 10.6 Å². The van der Waals surface area contributed by atoms with Crippen LogP contribution in [0.4, 0.5) is 22.7 Å². The number of hydrogen-bond acceptors (Lipinski definition) is 4. The lowest BCUT2D eigenvalue weighted by Crippen LogP contribution is -2.20. The van der Waals surface area contributed by atoms with E-state index in [1.54, 1.807) is 24.3 Å². The Labute approximate surface area is 169 Å². The first-order chi connectivity index (χ1) is 12.4. The Hall–Kier alpha value is -1.86. The summed E-state index contributed by atoms with van der Waals surface area (Å²) in [5.41, 5.74) is 1.56. The molecular weight excluding hydrogens is 422 g/mol. The van der Waals surface area contributed by atoms with Gasteiger partial charge in [-0.25, -0.2) is 0 Å². The Bertz CT molecular complexity index is 813. The summed E-state index contributed by atoms with van der Waals surface area (Å²) in [6.07, 6.45) is 0. The molecule has 136 valence electrons. The minimum Gasteiger partial charge on any atom is -0.324 e. The van der Waals surface area contributed by atoms with Gasteiger partial charge in [0, 0.05) is 5.69 Å². The van der Waals surface area contributed by atoms with E-state index in [4.69, 9.17) is 46.4 Å². The zero-order valence-corrected chi connectivity index (χ0v) is 16.0. The molecule has 2 aromatic rings. The van der Waals surface area contributed by atoms with Gasteiger partial charge in [-0.3, -0.25) is 9.59 Å². The summed E-state index contributed by atoms with van der Waals surface area (Å²) in [6.45, 7) is 0. The molecule has 2 N–H and O–H groups in total. The molecule has 26 heavy (non-hydrogen) atoms. The SMILES string of the molecule is O=C(Nc1ccc(N=Nc2ccccc2)c(NC(=O)C(Cl)Cl)c1)C(Cl)Cl. The first-order valence-electron chi connectivity index (χ1n) is 7.15. The molecule has 0 aliphatic heterocycles. The van der Waals surface area contributed by atoms with E-state index in [0.29, 0.717) is 17.1 Å². The van der Waals surface area contributed by atoms with Crippen LogP contribution in [0.15, 0.2) is 58.8 Å². The number of rotatable bonds is 6. The lowest BCUT2D eigenvalue weighted by atomic mass is 10.2. The van der Waals surface area contributed by atoms with E-state index < -0.39 is 21.5 Å². The van der Waals surface area contributed by atoms with Gasteiger partial charge in [-0.05, 0) is 30.3 Å². The third-order valence-electron chi connectivity index (χ3n) is 2.95.